The lowest BCUT2D eigenvalue weighted by molar-refractivity contribution is -0.144. The molecule has 0 radical (unpaired) electrons. The maximum atomic E-state index is 11.6. The summed E-state index contributed by atoms with van der Waals surface area (Å²) in [6, 6.07) is 0. The predicted molar refractivity (Wildman–Crippen MR) is 70.8 cm³/mol. The van der Waals surface area contributed by atoms with Gasteiger partial charge in [-0.3, -0.25) is 4.79 Å². The number of carbonyl (C=O) groups is 1. The molecule has 0 aromatic rings. The minimum atomic E-state index is -0.0267. The zero-order valence-electron chi connectivity index (χ0n) is 11.6. The highest BCUT2D eigenvalue weighted by Crippen LogP contribution is 2.35. The average Bonchev–Trinajstić information content (AvgIpc) is 2.28. The van der Waals surface area contributed by atoms with Crippen LogP contribution >= 0.6 is 0 Å². The molecule has 98 valence electrons. The molecule has 0 aliphatic heterocycles. The van der Waals surface area contributed by atoms with E-state index in [1.807, 2.05) is 6.92 Å². The third-order valence-electron chi connectivity index (χ3n) is 3.66. The molecule has 0 N–H and O–H groups in total. The van der Waals surface area contributed by atoms with Crippen LogP contribution in [0.5, 0.6) is 0 Å². The minimum Gasteiger partial charge on any atom is -0.466 e. The molecule has 0 heterocycles. The van der Waals surface area contributed by atoms with Crippen LogP contribution in [0.2, 0.25) is 0 Å². The molecule has 0 aromatic heterocycles. The first-order chi connectivity index (χ1) is 8.19. The van der Waals surface area contributed by atoms with E-state index in [9.17, 15) is 4.79 Å². The molecule has 1 unspecified atom stereocenters. The van der Waals surface area contributed by atoms with E-state index in [2.05, 4.69) is 13.8 Å². The number of esters is 1. The largest absolute Gasteiger partial charge is 0.466 e. The van der Waals surface area contributed by atoms with Crippen molar-refractivity contribution < 1.29 is 9.53 Å². The second kappa shape index (κ2) is 7.52. The Bertz CT molecular complexity index is 279. The SMILES string of the molecule is CCCCC1=C(C)CCCC1CC(=O)OCC. The first-order valence-electron chi connectivity index (χ1n) is 7.03. The van der Waals surface area contributed by atoms with E-state index in [-0.39, 0.29) is 5.97 Å². The molecule has 1 rings (SSSR count). The van der Waals surface area contributed by atoms with Crippen molar-refractivity contribution in [2.24, 2.45) is 5.92 Å². The van der Waals surface area contributed by atoms with Crippen molar-refractivity contribution in [2.45, 2.75) is 65.7 Å². The van der Waals surface area contributed by atoms with Crippen LogP contribution in [-0.2, 0) is 9.53 Å². The van der Waals surface area contributed by atoms with Crippen LogP contribution in [0.15, 0.2) is 11.1 Å². The Morgan fingerprint density at radius 3 is 2.82 bits per heavy atom. The van der Waals surface area contributed by atoms with Crippen molar-refractivity contribution in [1.29, 1.82) is 0 Å². The van der Waals surface area contributed by atoms with Crippen LogP contribution in [0.3, 0.4) is 0 Å². The Labute approximate surface area is 105 Å². The van der Waals surface area contributed by atoms with E-state index in [0.29, 0.717) is 18.9 Å². The van der Waals surface area contributed by atoms with Crippen LogP contribution in [-0.4, -0.2) is 12.6 Å². The molecule has 0 bridgehead atoms. The number of carbonyl (C=O) groups excluding carboxylic acids is 1. The molecule has 17 heavy (non-hydrogen) atoms. The van der Waals surface area contributed by atoms with Crippen LogP contribution in [0, 0.1) is 5.92 Å². The predicted octanol–water partition coefficient (Wildman–Crippen LogP) is 4.25. The zero-order valence-corrected chi connectivity index (χ0v) is 11.6. The molecule has 2 heteroatoms. The number of ether oxygens (including phenoxy) is 1. The van der Waals surface area contributed by atoms with Gasteiger partial charge in [0.1, 0.15) is 0 Å². The van der Waals surface area contributed by atoms with Gasteiger partial charge in [0, 0.05) is 0 Å². The van der Waals surface area contributed by atoms with Crippen LogP contribution < -0.4 is 0 Å². The van der Waals surface area contributed by atoms with Crippen molar-refractivity contribution in [3.8, 4) is 0 Å². The fraction of sp³-hybridized carbons (Fsp3) is 0.800. The Balaban J connectivity index is 2.61. The first kappa shape index (κ1) is 14.3. The lowest BCUT2D eigenvalue weighted by Crippen LogP contribution is -2.17. The smallest absolute Gasteiger partial charge is 0.306 e. The highest BCUT2D eigenvalue weighted by molar-refractivity contribution is 5.70. The van der Waals surface area contributed by atoms with E-state index in [1.165, 1.54) is 37.7 Å². The fourth-order valence-electron chi connectivity index (χ4n) is 2.73. The van der Waals surface area contributed by atoms with Gasteiger partial charge in [0.15, 0.2) is 0 Å². The second-order valence-electron chi connectivity index (χ2n) is 5.01. The molecule has 0 aromatic carbocycles. The highest BCUT2D eigenvalue weighted by Gasteiger charge is 2.23. The topological polar surface area (TPSA) is 26.3 Å². The van der Waals surface area contributed by atoms with E-state index in [1.54, 1.807) is 5.57 Å². The summed E-state index contributed by atoms with van der Waals surface area (Å²) in [6.07, 6.45) is 7.84. The van der Waals surface area contributed by atoms with E-state index >= 15 is 0 Å². The molecule has 0 fully saturated rings. The summed E-state index contributed by atoms with van der Waals surface area (Å²) in [4.78, 5) is 11.6. The van der Waals surface area contributed by atoms with Crippen molar-refractivity contribution in [1.82, 2.24) is 0 Å². The molecule has 0 spiro atoms. The summed E-state index contributed by atoms with van der Waals surface area (Å²) >= 11 is 0. The Kier molecular flexibility index (Phi) is 6.31. The summed E-state index contributed by atoms with van der Waals surface area (Å²) in [5, 5.41) is 0. The van der Waals surface area contributed by atoms with Gasteiger partial charge in [0.25, 0.3) is 0 Å². The Morgan fingerprint density at radius 2 is 2.18 bits per heavy atom. The monoisotopic (exact) mass is 238 g/mol. The number of hydrogen-bond acceptors (Lipinski definition) is 2. The van der Waals surface area contributed by atoms with Crippen LogP contribution in [0.1, 0.15) is 65.7 Å². The van der Waals surface area contributed by atoms with Gasteiger partial charge in [0.2, 0.25) is 0 Å². The van der Waals surface area contributed by atoms with Crippen molar-refractivity contribution in [3.63, 3.8) is 0 Å². The van der Waals surface area contributed by atoms with E-state index in [4.69, 9.17) is 4.74 Å². The van der Waals surface area contributed by atoms with Crippen molar-refractivity contribution in [2.75, 3.05) is 6.61 Å². The molecule has 1 aliphatic carbocycles. The van der Waals surface area contributed by atoms with Gasteiger partial charge < -0.3 is 4.74 Å². The van der Waals surface area contributed by atoms with Gasteiger partial charge in [-0.25, -0.2) is 0 Å². The standard InChI is InChI=1S/C15H26O2/c1-4-6-10-14-12(3)8-7-9-13(14)11-15(16)17-5-2/h13H,4-11H2,1-3H3. The number of rotatable bonds is 6. The first-order valence-corrected chi connectivity index (χ1v) is 7.03. The third kappa shape index (κ3) is 4.53. The highest BCUT2D eigenvalue weighted by atomic mass is 16.5. The fourth-order valence-corrected chi connectivity index (χ4v) is 2.73. The van der Waals surface area contributed by atoms with Crippen LogP contribution in [0.4, 0.5) is 0 Å². The van der Waals surface area contributed by atoms with Crippen molar-refractivity contribution in [3.05, 3.63) is 11.1 Å². The van der Waals surface area contributed by atoms with Gasteiger partial charge in [-0.15, -0.1) is 0 Å². The summed E-state index contributed by atoms with van der Waals surface area (Å²) in [5.41, 5.74) is 3.07. The van der Waals surface area contributed by atoms with E-state index < -0.39 is 0 Å². The van der Waals surface area contributed by atoms with Gasteiger partial charge in [0.05, 0.1) is 13.0 Å². The van der Waals surface area contributed by atoms with Gasteiger partial charge in [-0.05, 0) is 51.9 Å². The molecule has 0 amide bonds. The lowest BCUT2D eigenvalue weighted by atomic mass is 9.79. The summed E-state index contributed by atoms with van der Waals surface area (Å²) in [5.74, 6) is 0.426. The Morgan fingerprint density at radius 1 is 1.41 bits per heavy atom. The third-order valence-corrected chi connectivity index (χ3v) is 3.66. The Hall–Kier alpha value is -0.790. The normalized spacial score (nSPS) is 20.5. The zero-order chi connectivity index (χ0) is 12.7. The molecule has 1 atom stereocenters. The molecule has 0 saturated heterocycles. The molecule has 2 nitrogen and oxygen atoms in total. The number of hydrogen-bond donors (Lipinski definition) is 0. The average molecular weight is 238 g/mol. The maximum absolute atomic E-state index is 11.6. The summed E-state index contributed by atoms with van der Waals surface area (Å²) < 4.78 is 5.07. The minimum absolute atomic E-state index is 0.0267. The van der Waals surface area contributed by atoms with E-state index in [0.717, 1.165) is 6.42 Å². The van der Waals surface area contributed by atoms with Crippen molar-refractivity contribution >= 4 is 5.97 Å². The van der Waals surface area contributed by atoms with Gasteiger partial charge in [-0.2, -0.15) is 0 Å². The molecule has 1 aliphatic rings. The maximum Gasteiger partial charge on any atom is 0.306 e. The lowest BCUT2D eigenvalue weighted by Gasteiger charge is -2.27. The number of allylic oxidation sites excluding steroid dienone is 2. The second-order valence-corrected chi connectivity index (χ2v) is 5.01. The molecular weight excluding hydrogens is 212 g/mol. The molecular formula is C15H26O2. The summed E-state index contributed by atoms with van der Waals surface area (Å²) in [7, 11) is 0. The van der Waals surface area contributed by atoms with Crippen LogP contribution in [0.25, 0.3) is 0 Å². The summed E-state index contributed by atoms with van der Waals surface area (Å²) in [6.45, 7) is 6.83. The number of unbranched alkanes of at least 4 members (excludes halogenated alkanes) is 1. The van der Waals surface area contributed by atoms with Gasteiger partial charge >= 0.3 is 5.97 Å². The molecule has 0 saturated carbocycles. The van der Waals surface area contributed by atoms with Gasteiger partial charge in [-0.1, -0.05) is 24.5 Å². The quantitative estimate of drug-likeness (QED) is 0.511.